The van der Waals surface area contributed by atoms with Gasteiger partial charge in [-0.15, -0.1) is 0 Å². The lowest BCUT2D eigenvalue weighted by molar-refractivity contribution is -0.122. The third-order valence-corrected chi connectivity index (χ3v) is 3.19. The fourth-order valence-electron chi connectivity index (χ4n) is 1.08. The van der Waals surface area contributed by atoms with Crippen molar-refractivity contribution in [3.05, 3.63) is 0 Å². The maximum Gasteiger partial charge on any atom is 0.240 e. The molecule has 0 fully saturated rings. The number of carbonyl (C=O) groups excluding carboxylic acids is 2. The average Bonchev–Trinajstić information content (AvgIpc) is 2.41. The smallest absolute Gasteiger partial charge is 0.240 e. The van der Waals surface area contributed by atoms with Crippen LogP contribution in [0.15, 0.2) is 10.2 Å². The fourth-order valence-corrected chi connectivity index (χ4v) is 1.08. The third-order valence-electron chi connectivity index (χ3n) is 3.19. The van der Waals surface area contributed by atoms with E-state index >= 15 is 0 Å². The lowest BCUT2D eigenvalue weighted by atomic mass is 10.1. The molecule has 0 bridgehead atoms. The van der Waals surface area contributed by atoms with Crippen molar-refractivity contribution >= 4 is 23.2 Å². The van der Waals surface area contributed by atoms with Crippen LogP contribution in [0.1, 0.15) is 60.8 Å². The standard InChI is InChI=1S/C15H28N4O2/c1-10(2)12(5)16-18-14(20)8-7-9-15(21)19-17-13(6)11(3)4/h10-11H,7-9H2,1-6H3,(H,18,20)(H,19,21)/b16-12-,17-13-. The molecule has 0 aromatic carbocycles. The van der Waals surface area contributed by atoms with Crippen molar-refractivity contribution in [2.45, 2.75) is 60.8 Å². The summed E-state index contributed by atoms with van der Waals surface area (Å²) < 4.78 is 0. The normalized spacial score (nSPS) is 12.8. The van der Waals surface area contributed by atoms with E-state index in [9.17, 15) is 9.59 Å². The van der Waals surface area contributed by atoms with Crippen LogP contribution in [-0.4, -0.2) is 23.2 Å². The van der Waals surface area contributed by atoms with Gasteiger partial charge in [-0.25, -0.2) is 10.9 Å². The van der Waals surface area contributed by atoms with Crippen LogP contribution in [0.3, 0.4) is 0 Å². The van der Waals surface area contributed by atoms with E-state index in [-0.39, 0.29) is 24.7 Å². The van der Waals surface area contributed by atoms with E-state index in [1.165, 1.54) is 0 Å². The van der Waals surface area contributed by atoms with Crippen LogP contribution in [0, 0.1) is 11.8 Å². The number of hydrogen-bond acceptors (Lipinski definition) is 4. The van der Waals surface area contributed by atoms with Gasteiger partial charge in [0.25, 0.3) is 0 Å². The first-order chi connectivity index (χ1) is 9.73. The monoisotopic (exact) mass is 296 g/mol. The molecule has 120 valence electrons. The summed E-state index contributed by atoms with van der Waals surface area (Å²) in [5, 5.41) is 7.99. The van der Waals surface area contributed by atoms with E-state index in [1.807, 2.05) is 41.5 Å². The quantitative estimate of drug-likeness (QED) is 0.532. The summed E-state index contributed by atoms with van der Waals surface area (Å²) >= 11 is 0. The molecule has 0 spiro atoms. The molecule has 0 saturated carbocycles. The topological polar surface area (TPSA) is 82.9 Å². The van der Waals surface area contributed by atoms with Gasteiger partial charge in [-0.2, -0.15) is 10.2 Å². The first-order valence-electron chi connectivity index (χ1n) is 7.40. The first kappa shape index (κ1) is 19.3. The molecule has 6 heteroatoms. The summed E-state index contributed by atoms with van der Waals surface area (Å²) in [6, 6.07) is 0. The predicted octanol–water partition coefficient (Wildman–Crippen LogP) is 2.45. The number of hydrazone groups is 2. The maximum atomic E-state index is 11.5. The summed E-state index contributed by atoms with van der Waals surface area (Å²) in [5.74, 6) is 0.255. The van der Waals surface area contributed by atoms with Gasteiger partial charge < -0.3 is 0 Å². The second-order valence-electron chi connectivity index (χ2n) is 5.74. The Labute approximate surface area is 127 Å². The molecule has 0 saturated heterocycles. The van der Waals surface area contributed by atoms with Gasteiger partial charge in [0.15, 0.2) is 0 Å². The Bertz CT molecular complexity index is 374. The number of nitrogens with zero attached hydrogens (tertiary/aromatic N) is 2. The molecule has 0 aliphatic rings. The van der Waals surface area contributed by atoms with Gasteiger partial charge in [0.1, 0.15) is 0 Å². The van der Waals surface area contributed by atoms with Crippen LogP contribution in [0.2, 0.25) is 0 Å². The molecule has 0 aromatic heterocycles. The number of rotatable bonds is 8. The van der Waals surface area contributed by atoms with Crippen molar-refractivity contribution in [1.82, 2.24) is 10.9 Å². The lowest BCUT2D eigenvalue weighted by Gasteiger charge is -2.06. The summed E-state index contributed by atoms with van der Waals surface area (Å²) in [4.78, 5) is 23.1. The highest BCUT2D eigenvalue weighted by Crippen LogP contribution is 1.98. The molecule has 0 aliphatic carbocycles. The van der Waals surface area contributed by atoms with Crippen LogP contribution < -0.4 is 10.9 Å². The molecule has 0 radical (unpaired) electrons. The van der Waals surface area contributed by atoms with Gasteiger partial charge in [0, 0.05) is 24.3 Å². The minimum absolute atomic E-state index is 0.176. The van der Waals surface area contributed by atoms with E-state index in [4.69, 9.17) is 0 Å². The van der Waals surface area contributed by atoms with Gasteiger partial charge in [0.05, 0.1) is 0 Å². The highest BCUT2D eigenvalue weighted by molar-refractivity contribution is 5.86. The van der Waals surface area contributed by atoms with E-state index < -0.39 is 0 Å². The zero-order valence-electron chi connectivity index (χ0n) is 14.0. The van der Waals surface area contributed by atoms with Crippen molar-refractivity contribution < 1.29 is 9.59 Å². The SMILES string of the molecule is C/C(=N/NC(=O)CCCC(=O)N/N=C(/C)C(C)C)C(C)C. The second kappa shape index (κ2) is 10.1. The van der Waals surface area contributed by atoms with E-state index in [1.54, 1.807) is 0 Å². The Morgan fingerprint density at radius 1 is 0.810 bits per heavy atom. The molecule has 2 amide bonds. The zero-order chi connectivity index (χ0) is 16.4. The van der Waals surface area contributed by atoms with Gasteiger partial charge >= 0.3 is 0 Å². The molecular formula is C15H28N4O2. The van der Waals surface area contributed by atoms with E-state index in [0.717, 1.165) is 11.4 Å². The molecule has 0 aliphatic heterocycles. The van der Waals surface area contributed by atoms with Gasteiger partial charge in [-0.1, -0.05) is 27.7 Å². The molecule has 0 rings (SSSR count). The Morgan fingerprint density at radius 3 is 1.43 bits per heavy atom. The van der Waals surface area contributed by atoms with Crippen LogP contribution >= 0.6 is 0 Å². The van der Waals surface area contributed by atoms with Crippen LogP contribution in [0.5, 0.6) is 0 Å². The molecule has 0 atom stereocenters. The minimum atomic E-state index is -0.176. The highest BCUT2D eigenvalue weighted by Gasteiger charge is 2.06. The van der Waals surface area contributed by atoms with Gasteiger partial charge in [-0.3, -0.25) is 9.59 Å². The van der Waals surface area contributed by atoms with Gasteiger partial charge in [0.2, 0.25) is 11.8 Å². The summed E-state index contributed by atoms with van der Waals surface area (Å²) in [5.41, 5.74) is 6.73. The predicted molar refractivity (Wildman–Crippen MR) is 86.0 cm³/mol. The second-order valence-corrected chi connectivity index (χ2v) is 5.74. The van der Waals surface area contributed by atoms with Crippen molar-refractivity contribution in [2.24, 2.45) is 22.0 Å². The Kier molecular flexibility index (Phi) is 9.25. The first-order valence-corrected chi connectivity index (χ1v) is 7.40. The molecule has 0 unspecified atom stereocenters. The molecule has 2 N–H and O–H groups in total. The van der Waals surface area contributed by atoms with E-state index in [0.29, 0.717) is 18.3 Å². The van der Waals surface area contributed by atoms with Crippen molar-refractivity contribution in [2.75, 3.05) is 0 Å². The van der Waals surface area contributed by atoms with Crippen molar-refractivity contribution in [3.63, 3.8) is 0 Å². The molecular weight excluding hydrogens is 268 g/mol. The highest BCUT2D eigenvalue weighted by atomic mass is 16.2. The number of amides is 2. The molecule has 21 heavy (non-hydrogen) atoms. The summed E-state index contributed by atoms with van der Waals surface area (Å²) in [7, 11) is 0. The van der Waals surface area contributed by atoms with E-state index in [2.05, 4.69) is 21.1 Å². The van der Waals surface area contributed by atoms with Crippen LogP contribution in [-0.2, 0) is 9.59 Å². The fraction of sp³-hybridized carbons (Fsp3) is 0.733. The largest absolute Gasteiger partial charge is 0.273 e. The Hall–Kier alpha value is -1.72. The molecule has 6 nitrogen and oxygen atoms in total. The van der Waals surface area contributed by atoms with Crippen molar-refractivity contribution in [3.8, 4) is 0 Å². The lowest BCUT2D eigenvalue weighted by Crippen LogP contribution is -2.22. The maximum absolute atomic E-state index is 11.5. The number of hydrogen-bond donors (Lipinski definition) is 2. The third kappa shape index (κ3) is 9.76. The summed E-state index contributed by atoms with van der Waals surface area (Å²) in [6.07, 6.45) is 1.02. The zero-order valence-corrected chi connectivity index (χ0v) is 14.0. The number of nitrogens with one attached hydrogen (secondary N) is 2. The molecule has 0 aromatic rings. The Balaban J connectivity index is 3.94. The summed E-state index contributed by atoms with van der Waals surface area (Å²) in [6.45, 7) is 11.8. The van der Waals surface area contributed by atoms with Crippen LogP contribution in [0.4, 0.5) is 0 Å². The molecule has 0 heterocycles. The van der Waals surface area contributed by atoms with Crippen molar-refractivity contribution in [1.29, 1.82) is 0 Å². The number of carbonyl (C=O) groups is 2. The van der Waals surface area contributed by atoms with Gasteiger partial charge in [-0.05, 0) is 32.1 Å². The average molecular weight is 296 g/mol. The van der Waals surface area contributed by atoms with Crippen LogP contribution in [0.25, 0.3) is 0 Å². The Morgan fingerprint density at radius 2 is 1.14 bits per heavy atom. The minimum Gasteiger partial charge on any atom is -0.273 e.